The minimum absolute atomic E-state index is 0. The van der Waals surface area contributed by atoms with Crippen molar-refractivity contribution in [1.82, 2.24) is 9.97 Å². The molecule has 6 aromatic rings. The Kier molecular flexibility index (Phi) is 10.1. The number of aromatic nitrogens is 2. The first kappa shape index (κ1) is 32.0. The number of pyridine rings is 2. The summed E-state index contributed by atoms with van der Waals surface area (Å²) in [6.45, 7) is 10.7. The summed E-state index contributed by atoms with van der Waals surface area (Å²) in [6, 6.07) is 30.4. The number of para-hydroxylation sites is 1. The molecule has 0 amide bonds. The van der Waals surface area contributed by atoms with Crippen LogP contribution in [0.25, 0.3) is 55.4 Å². The van der Waals surface area contributed by atoms with E-state index in [-0.39, 0.29) is 31.6 Å². The van der Waals surface area contributed by atoms with Crippen LogP contribution in [0.15, 0.2) is 101 Å². The monoisotopic (exact) mass is 764 g/mol. The van der Waals surface area contributed by atoms with E-state index in [0.29, 0.717) is 12.8 Å². The topological polar surface area (TPSA) is 76.2 Å². The van der Waals surface area contributed by atoms with Crippen LogP contribution in [0, 0.1) is 6.07 Å². The van der Waals surface area contributed by atoms with Gasteiger partial charge in [-0.05, 0) is 30.0 Å². The number of carbonyl (C=O) groups is 1. The SMILES string of the molecule is CCC(=O)/C=C(\O)CC.C[Si](C)(C)c1ccc2nc(-c3[c-]ccc4c3oc3ccccc34)cc(-c3ccccn3)c2c1.[Ir]. The van der Waals surface area contributed by atoms with E-state index in [1.54, 1.807) is 13.8 Å². The van der Waals surface area contributed by atoms with Crippen molar-refractivity contribution in [3.05, 3.63) is 103 Å². The normalized spacial score (nSPS) is 11.7. The Morgan fingerprint density at radius 1 is 0.907 bits per heavy atom. The number of carbonyl (C=O) groups excluding carboxylic acids is 1. The molecule has 1 N–H and O–H groups in total. The fourth-order valence-corrected chi connectivity index (χ4v) is 5.99. The van der Waals surface area contributed by atoms with Crippen LogP contribution in [-0.4, -0.2) is 28.9 Å². The second-order valence-electron chi connectivity index (χ2n) is 11.3. The number of fused-ring (bicyclic) bond motifs is 4. The Morgan fingerprint density at radius 2 is 1.67 bits per heavy atom. The number of furan rings is 1. The summed E-state index contributed by atoms with van der Waals surface area (Å²) < 4.78 is 6.28. The molecule has 0 aliphatic heterocycles. The quantitative estimate of drug-likeness (QED) is 0.0794. The molecule has 0 atom stereocenters. The van der Waals surface area contributed by atoms with Crippen molar-refractivity contribution in [2.75, 3.05) is 0 Å². The molecule has 0 aliphatic rings. The van der Waals surface area contributed by atoms with Gasteiger partial charge < -0.3 is 9.52 Å². The Morgan fingerprint density at radius 3 is 2.37 bits per heavy atom. The Bertz CT molecular complexity index is 1920. The maximum atomic E-state index is 10.5. The van der Waals surface area contributed by atoms with Crippen molar-refractivity contribution < 1.29 is 34.4 Å². The first-order valence-electron chi connectivity index (χ1n) is 14.3. The van der Waals surface area contributed by atoms with Gasteiger partial charge in [0.1, 0.15) is 5.58 Å². The second-order valence-corrected chi connectivity index (χ2v) is 16.3. The van der Waals surface area contributed by atoms with Crippen molar-refractivity contribution >= 4 is 51.9 Å². The zero-order chi connectivity index (χ0) is 29.9. The Balaban J connectivity index is 0.000000371. The fraction of sp³-hybridized carbons (Fsp3) is 0.194. The average Bonchev–Trinajstić information content (AvgIpc) is 3.39. The van der Waals surface area contributed by atoms with E-state index in [1.807, 2.05) is 42.6 Å². The van der Waals surface area contributed by atoms with Gasteiger partial charge in [-0.25, -0.2) is 0 Å². The molecular weight excluding hydrogens is 729 g/mol. The minimum Gasteiger partial charge on any atom is -0.512 e. The second kappa shape index (κ2) is 13.6. The van der Waals surface area contributed by atoms with Gasteiger partial charge in [-0.15, -0.1) is 18.2 Å². The molecule has 7 heteroatoms. The first-order chi connectivity index (χ1) is 20.2. The van der Waals surface area contributed by atoms with E-state index in [4.69, 9.17) is 14.5 Å². The third-order valence-electron chi connectivity index (χ3n) is 7.25. The molecule has 43 heavy (non-hydrogen) atoms. The van der Waals surface area contributed by atoms with Crippen molar-refractivity contribution in [2.45, 2.75) is 46.3 Å². The van der Waals surface area contributed by atoms with E-state index >= 15 is 0 Å². The van der Waals surface area contributed by atoms with Gasteiger partial charge in [0, 0.05) is 61.6 Å². The maximum absolute atomic E-state index is 10.5. The van der Waals surface area contributed by atoms with Crippen LogP contribution in [-0.2, 0) is 24.9 Å². The molecule has 0 aliphatic carbocycles. The van der Waals surface area contributed by atoms with Crippen LogP contribution in [0.4, 0.5) is 0 Å². The third kappa shape index (κ3) is 7.02. The molecular formula is C36H35IrN2O3Si-. The number of rotatable bonds is 6. The largest absolute Gasteiger partial charge is 0.512 e. The number of ketones is 1. The Hall–Kier alpha value is -3.90. The van der Waals surface area contributed by atoms with E-state index in [0.717, 1.165) is 55.4 Å². The number of benzene rings is 3. The molecule has 0 saturated carbocycles. The van der Waals surface area contributed by atoms with Crippen LogP contribution in [0.1, 0.15) is 26.7 Å². The van der Waals surface area contributed by atoms with Crippen LogP contribution in [0.2, 0.25) is 19.6 Å². The van der Waals surface area contributed by atoms with Gasteiger partial charge in [0.05, 0.1) is 30.6 Å². The van der Waals surface area contributed by atoms with E-state index in [1.165, 1.54) is 11.3 Å². The number of hydrogen-bond donors (Lipinski definition) is 1. The molecule has 221 valence electrons. The van der Waals surface area contributed by atoms with Gasteiger partial charge in [-0.3, -0.25) is 14.8 Å². The predicted molar refractivity (Wildman–Crippen MR) is 176 cm³/mol. The number of hydrogen-bond acceptors (Lipinski definition) is 5. The average molecular weight is 764 g/mol. The minimum atomic E-state index is -1.48. The van der Waals surface area contributed by atoms with Crippen LogP contribution < -0.4 is 5.19 Å². The van der Waals surface area contributed by atoms with E-state index < -0.39 is 8.07 Å². The molecule has 5 nitrogen and oxygen atoms in total. The van der Waals surface area contributed by atoms with Gasteiger partial charge in [0.25, 0.3) is 0 Å². The van der Waals surface area contributed by atoms with Gasteiger partial charge >= 0.3 is 0 Å². The molecule has 3 heterocycles. The van der Waals surface area contributed by atoms with E-state index in [9.17, 15) is 4.79 Å². The summed E-state index contributed by atoms with van der Waals surface area (Å²) in [6.07, 6.45) is 4.12. The first-order valence-corrected chi connectivity index (χ1v) is 17.8. The van der Waals surface area contributed by atoms with Crippen LogP contribution in [0.5, 0.6) is 0 Å². The molecule has 1 radical (unpaired) electrons. The van der Waals surface area contributed by atoms with Crippen molar-refractivity contribution in [2.24, 2.45) is 0 Å². The van der Waals surface area contributed by atoms with Crippen LogP contribution in [0.3, 0.4) is 0 Å². The molecule has 0 fully saturated rings. The summed E-state index contributed by atoms with van der Waals surface area (Å²) in [5.74, 6) is 0.149. The number of nitrogens with zero attached hydrogens (tertiary/aromatic N) is 2. The smallest absolute Gasteiger partial charge is 0.158 e. The summed E-state index contributed by atoms with van der Waals surface area (Å²) in [5, 5.41) is 13.5. The van der Waals surface area contributed by atoms with Gasteiger partial charge in [-0.1, -0.05) is 92.1 Å². The van der Waals surface area contributed by atoms with Gasteiger partial charge in [-0.2, -0.15) is 0 Å². The van der Waals surface area contributed by atoms with Crippen molar-refractivity contribution in [3.8, 4) is 22.5 Å². The standard InChI is InChI=1S/C29H23N2OSi.C7H12O2.Ir/c1-33(2,3)19-14-15-26-23(17-19)24(25-12-6-7-16-30-25)18-27(31-26)22-11-8-10-21-20-9-4-5-13-28(20)32-29(21)22;1-3-6(8)5-7(9)4-2;/h4-10,12-18H,1-3H3;5,8H,3-4H2,1-2H3;/q-1;;/b;6-5-;. The fourth-order valence-electron chi connectivity index (χ4n) is 4.83. The molecule has 0 spiro atoms. The third-order valence-corrected chi connectivity index (χ3v) is 9.29. The van der Waals surface area contributed by atoms with Gasteiger partial charge in [0.15, 0.2) is 5.78 Å². The van der Waals surface area contributed by atoms with Crippen molar-refractivity contribution in [1.29, 1.82) is 0 Å². The van der Waals surface area contributed by atoms with Crippen molar-refractivity contribution in [3.63, 3.8) is 0 Å². The number of aliphatic hydroxyl groups is 1. The predicted octanol–water partition coefficient (Wildman–Crippen LogP) is 9.02. The summed E-state index contributed by atoms with van der Waals surface area (Å²) in [7, 11) is -1.48. The molecule has 6 rings (SSSR count). The summed E-state index contributed by atoms with van der Waals surface area (Å²) >= 11 is 0. The molecule has 3 aromatic carbocycles. The Labute approximate surface area is 267 Å². The number of aliphatic hydroxyl groups excluding tert-OH is 1. The van der Waals surface area contributed by atoms with Crippen LogP contribution >= 0.6 is 0 Å². The zero-order valence-electron chi connectivity index (χ0n) is 25.1. The molecule has 3 aromatic heterocycles. The maximum Gasteiger partial charge on any atom is 0.158 e. The van der Waals surface area contributed by atoms with Gasteiger partial charge in [0.2, 0.25) is 0 Å². The summed E-state index contributed by atoms with van der Waals surface area (Å²) in [4.78, 5) is 20.3. The molecule has 0 bridgehead atoms. The zero-order valence-corrected chi connectivity index (χ0v) is 28.5. The molecule has 0 saturated heterocycles. The van der Waals surface area contributed by atoms with E-state index in [2.05, 4.69) is 73.2 Å². The summed E-state index contributed by atoms with van der Waals surface area (Å²) in [5.41, 5.74) is 6.38. The molecule has 0 unspecified atom stereocenters. The number of allylic oxidation sites excluding steroid dienone is 2.